The molecule has 8 heteroatoms. The maximum absolute atomic E-state index is 11.9. The van der Waals surface area contributed by atoms with Gasteiger partial charge in [-0.25, -0.2) is 0 Å². The number of carbonyl (C=O) groups excluding carboxylic acids is 1. The van der Waals surface area contributed by atoms with E-state index in [-0.39, 0.29) is 22.4 Å². The Labute approximate surface area is 147 Å². The molecule has 0 radical (unpaired) electrons. The standard InChI is InChI=1S/C16H12ClN3O3S/c17-14-6-5-13(7-15(14)20(22)23)19-16(21)10-24-9-12-3-1-11(8-18)2-4-12/h1-7H,9-10H2,(H,19,21). The summed E-state index contributed by atoms with van der Waals surface area (Å²) in [7, 11) is 0. The number of anilines is 1. The number of carbonyl (C=O) groups is 1. The molecule has 0 saturated heterocycles. The number of thioether (sulfide) groups is 1. The van der Waals surface area contributed by atoms with Crippen molar-refractivity contribution in [2.75, 3.05) is 11.1 Å². The van der Waals surface area contributed by atoms with Crippen molar-refractivity contribution >= 4 is 40.6 Å². The normalized spacial score (nSPS) is 10.0. The molecule has 0 bridgehead atoms. The van der Waals surface area contributed by atoms with Gasteiger partial charge in [-0.1, -0.05) is 23.7 Å². The van der Waals surface area contributed by atoms with Gasteiger partial charge < -0.3 is 5.32 Å². The van der Waals surface area contributed by atoms with Gasteiger partial charge in [0.05, 0.1) is 22.3 Å². The van der Waals surface area contributed by atoms with Crippen LogP contribution in [0.25, 0.3) is 0 Å². The molecule has 0 unspecified atom stereocenters. The topological polar surface area (TPSA) is 96.0 Å². The lowest BCUT2D eigenvalue weighted by Crippen LogP contribution is -2.14. The summed E-state index contributed by atoms with van der Waals surface area (Å²) in [5, 5.41) is 22.2. The molecule has 122 valence electrons. The van der Waals surface area contributed by atoms with Crippen molar-refractivity contribution in [3.63, 3.8) is 0 Å². The molecule has 2 aromatic rings. The smallest absolute Gasteiger partial charge is 0.289 e. The van der Waals surface area contributed by atoms with E-state index >= 15 is 0 Å². The molecule has 1 N–H and O–H groups in total. The number of hydrogen-bond acceptors (Lipinski definition) is 5. The van der Waals surface area contributed by atoms with E-state index in [1.165, 1.54) is 30.0 Å². The first-order valence-corrected chi connectivity index (χ1v) is 8.33. The van der Waals surface area contributed by atoms with E-state index < -0.39 is 4.92 Å². The lowest BCUT2D eigenvalue weighted by molar-refractivity contribution is -0.384. The summed E-state index contributed by atoms with van der Waals surface area (Å²) in [6, 6.07) is 13.3. The van der Waals surface area contributed by atoms with Crippen molar-refractivity contribution in [3.05, 3.63) is 68.7 Å². The first-order valence-electron chi connectivity index (χ1n) is 6.80. The van der Waals surface area contributed by atoms with Crippen molar-refractivity contribution in [1.82, 2.24) is 0 Å². The van der Waals surface area contributed by atoms with E-state index in [0.29, 0.717) is 17.0 Å². The summed E-state index contributed by atoms with van der Waals surface area (Å²) in [5.74, 6) is 0.571. The van der Waals surface area contributed by atoms with Crippen LogP contribution in [0, 0.1) is 21.4 Å². The largest absolute Gasteiger partial charge is 0.325 e. The molecule has 0 aliphatic carbocycles. The summed E-state index contributed by atoms with van der Waals surface area (Å²) < 4.78 is 0. The minimum Gasteiger partial charge on any atom is -0.325 e. The van der Waals surface area contributed by atoms with Gasteiger partial charge in [0.1, 0.15) is 5.02 Å². The number of nitriles is 1. The predicted octanol–water partition coefficient (Wildman–Crippen LogP) is 3.99. The average Bonchev–Trinajstić information content (AvgIpc) is 2.57. The highest BCUT2D eigenvalue weighted by molar-refractivity contribution is 7.99. The van der Waals surface area contributed by atoms with Crippen LogP contribution < -0.4 is 5.32 Å². The van der Waals surface area contributed by atoms with Crippen LogP contribution in [-0.2, 0) is 10.5 Å². The number of nitrogens with one attached hydrogen (secondary N) is 1. The Kier molecular flexibility index (Phi) is 6.18. The number of nitrogens with zero attached hydrogens (tertiary/aromatic N) is 2. The Morgan fingerprint density at radius 3 is 2.62 bits per heavy atom. The third-order valence-corrected chi connectivity index (χ3v) is 4.33. The van der Waals surface area contributed by atoms with Crippen LogP contribution >= 0.6 is 23.4 Å². The lowest BCUT2D eigenvalue weighted by Gasteiger charge is -2.06. The van der Waals surface area contributed by atoms with E-state index in [2.05, 4.69) is 5.32 Å². The molecule has 2 aromatic carbocycles. The third-order valence-electron chi connectivity index (χ3n) is 3.01. The highest BCUT2D eigenvalue weighted by Crippen LogP contribution is 2.27. The second-order valence-corrected chi connectivity index (χ2v) is 6.17. The fraction of sp³-hybridized carbons (Fsp3) is 0.125. The molecule has 0 atom stereocenters. The second-order valence-electron chi connectivity index (χ2n) is 4.77. The van der Waals surface area contributed by atoms with Crippen LogP contribution in [0.2, 0.25) is 5.02 Å². The average molecular weight is 362 g/mol. The molecule has 0 heterocycles. The first kappa shape index (κ1) is 17.8. The van der Waals surface area contributed by atoms with Crippen LogP contribution in [0.5, 0.6) is 0 Å². The Hall–Kier alpha value is -2.56. The Morgan fingerprint density at radius 2 is 2.00 bits per heavy atom. The maximum Gasteiger partial charge on any atom is 0.289 e. The van der Waals surface area contributed by atoms with Gasteiger partial charge in [-0.3, -0.25) is 14.9 Å². The first-order chi connectivity index (χ1) is 11.5. The molecule has 24 heavy (non-hydrogen) atoms. The predicted molar refractivity (Wildman–Crippen MR) is 94.1 cm³/mol. The summed E-state index contributed by atoms with van der Waals surface area (Å²) in [5.41, 5.74) is 1.68. The molecule has 0 aromatic heterocycles. The maximum atomic E-state index is 11.9. The van der Waals surface area contributed by atoms with Gasteiger partial charge in [-0.15, -0.1) is 11.8 Å². The van der Waals surface area contributed by atoms with E-state index in [1.54, 1.807) is 12.1 Å². The van der Waals surface area contributed by atoms with Gasteiger partial charge in [-0.2, -0.15) is 5.26 Å². The van der Waals surface area contributed by atoms with E-state index in [4.69, 9.17) is 16.9 Å². The minimum absolute atomic E-state index is 0.0215. The molecule has 0 spiro atoms. The molecule has 0 saturated carbocycles. The number of amides is 1. The molecule has 2 rings (SSSR count). The number of halogens is 1. The molecule has 0 aliphatic heterocycles. The molecular formula is C16H12ClN3O3S. The number of rotatable bonds is 6. The molecule has 1 amide bonds. The zero-order valence-electron chi connectivity index (χ0n) is 12.4. The van der Waals surface area contributed by atoms with Crippen molar-refractivity contribution < 1.29 is 9.72 Å². The van der Waals surface area contributed by atoms with Crippen LogP contribution in [0.4, 0.5) is 11.4 Å². The Morgan fingerprint density at radius 1 is 1.29 bits per heavy atom. The van der Waals surface area contributed by atoms with Gasteiger partial charge in [0.15, 0.2) is 0 Å². The van der Waals surface area contributed by atoms with E-state index in [1.807, 2.05) is 18.2 Å². The summed E-state index contributed by atoms with van der Waals surface area (Å²) in [6.45, 7) is 0. The van der Waals surface area contributed by atoms with Gasteiger partial charge in [0, 0.05) is 17.5 Å². The SMILES string of the molecule is N#Cc1ccc(CSCC(=O)Nc2ccc(Cl)c([N+](=O)[O-])c2)cc1. The van der Waals surface area contributed by atoms with Crippen molar-refractivity contribution in [2.45, 2.75) is 5.75 Å². The van der Waals surface area contributed by atoms with Crippen LogP contribution in [0.1, 0.15) is 11.1 Å². The number of benzene rings is 2. The monoisotopic (exact) mass is 361 g/mol. The van der Waals surface area contributed by atoms with Crippen LogP contribution in [0.3, 0.4) is 0 Å². The van der Waals surface area contributed by atoms with Crippen LogP contribution in [0.15, 0.2) is 42.5 Å². The number of nitro benzene ring substituents is 1. The summed E-state index contributed by atoms with van der Waals surface area (Å²) in [6.07, 6.45) is 0. The second kappa shape index (κ2) is 8.34. The molecule has 0 fully saturated rings. The van der Waals surface area contributed by atoms with Gasteiger partial charge in [0.25, 0.3) is 5.69 Å². The van der Waals surface area contributed by atoms with Gasteiger partial charge in [-0.05, 0) is 29.8 Å². The van der Waals surface area contributed by atoms with E-state index in [9.17, 15) is 14.9 Å². The Balaban J connectivity index is 1.86. The van der Waals surface area contributed by atoms with Crippen molar-refractivity contribution in [3.8, 4) is 6.07 Å². The number of hydrogen-bond donors (Lipinski definition) is 1. The minimum atomic E-state index is -0.600. The highest BCUT2D eigenvalue weighted by atomic mass is 35.5. The van der Waals surface area contributed by atoms with Crippen LogP contribution in [-0.4, -0.2) is 16.6 Å². The lowest BCUT2D eigenvalue weighted by atomic mass is 10.2. The quantitative estimate of drug-likeness (QED) is 0.619. The van der Waals surface area contributed by atoms with Gasteiger partial charge in [0.2, 0.25) is 5.91 Å². The molecular weight excluding hydrogens is 350 g/mol. The van der Waals surface area contributed by atoms with E-state index in [0.717, 1.165) is 5.56 Å². The molecule has 0 aliphatic rings. The summed E-state index contributed by atoms with van der Waals surface area (Å²) in [4.78, 5) is 22.1. The van der Waals surface area contributed by atoms with Crippen molar-refractivity contribution in [1.29, 1.82) is 5.26 Å². The number of nitro groups is 1. The Bertz CT molecular complexity index is 803. The zero-order chi connectivity index (χ0) is 17.5. The fourth-order valence-electron chi connectivity index (χ4n) is 1.86. The van der Waals surface area contributed by atoms with Crippen molar-refractivity contribution in [2.24, 2.45) is 0 Å². The highest BCUT2D eigenvalue weighted by Gasteiger charge is 2.13. The summed E-state index contributed by atoms with van der Waals surface area (Å²) >= 11 is 7.13. The van der Waals surface area contributed by atoms with Gasteiger partial charge >= 0.3 is 0 Å². The zero-order valence-corrected chi connectivity index (χ0v) is 13.9. The third kappa shape index (κ3) is 4.98. The fourth-order valence-corrected chi connectivity index (χ4v) is 2.84. The molecule has 6 nitrogen and oxygen atoms in total.